The van der Waals surface area contributed by atoms with Crippen LogP contribution in [0.2, 0.25) is 0 Å². The van der Waals surface area contributed by atoms with Crippen molar-refractivity contribution < 1.29 is 9.47 Å². The number of ether oxygens (including phenoxy) is 2. The third kappa shape index (κ3) is 3.57. The van der Waals surface area contributed by atoms with Crippen LogP contribution in [0.25, 0.3) is 0 Å². The average molecular weight is 327 g/mol. The van der Waals surface area contributed by atoms with E-state index in [2.05, 4.69) is 28.9 Å². The molecule has 0 unspecified atom stereocenters. The van der Waals surface area contributed by atoms with Gasteiger partial charge in [-0.2, -0.15) is 0 Å². The van der Waals surface area contributed by atoms with Crippen molar-refractivity contribution in [3.8, 4) is 5.75 Å². The van der Waals surface area contributed by atoms with Crippen LogP contribution in [-0.4, -0.2) is 7.11 Å². The first-order chi connectivity index (χ1) is 8.69. The summed E-state index contributed by atoms with van der Waals surface area (Å²) in [6.45, 7) is 3.39. The van der Waals surface area contributed by atoms with Crippen LogP contribution in [0, 0.1) is 6.92 Å². The molecule has 0 aliphatic heterocycles. The number of rotatable bonds is 5. The molecule has 0 amide bonds. The lowest BCUT2D eigenvalue weighted by Gasteiger charge is -2.05. The fourth-order valence-electron chi connectivity index (χ4n) is 1.62. The molecule has 1 aromatic carbocycles. The maximum Gasteiger partial charge on any atom is 0.118 e. The second-order valence-electron chi connectivity index (χ2n) is 3.97. The van der Waals surface area contributed by atoms with Gasteiger partial charge in [0.1, 0.15) is 5.75 Å². The van der Waals surface area contributed by atoms with Gasteiger partial charge in [0.2, 0.25) is 0 Å². The van der Waals surface area contributed by atoms with Gasteiger partial charge in [-0.25, -0.2) is 0 Å². The summed E-state index contributed by atoms with van der Waals surface area (Å²) < 4.78 is 12.0. The largest absolute Gasteiger partial charge is 0.497 e. The summed E-state index contributed by atoms with van der Waals surface area (Å²) >= 11 is 5.23. The highest BCUT2D eigenvalue weighted by atomic mass is 79.9. The van der Waals surface area contributed by atoms with E-state index >= 15 is 0 Å². The SMILES string of the molecule is COc1ccc(COCc2cc(Br)sc2C)cc1. The summed E-state index contributed by atoms with van der Waals surface area (Å²) in [6, 6.07) is 10.1. The van der Waals surface area contributed by atoms with Crippen LogP contribution >= 0.6 is 27.3 Å². The predicted octanol–water partition coefficient (Wildman–Crippen LogP) is 4.54. The van der Waals surface area contributed by atoms with E-state index in [1.54, 1.807) is 18.4 Å². The molecule has 0 radical (unpaired) electrons. The van der Waals surface area contributed by atoms with Crippen LogP contribution < -0.4 is 4.74 Å². The molecular weight excluding hydrogens is 312 g/mol. The lowest BCUT2D eigenvalue weighted by atomic mass is 10.2. The number of hydrogen-bond donors (Lipinski definition) is 0. The number of halogens is 1. The van der Waals surface area contributed by atoms with Crippen molar-refractivity contribution in [3.05, 3.63) is 50.1 Å². The lowest BCUT2D eigenvalue weighted by molar-refractivity contribution is 0.107. The van der Waals surface area contributed by atoms with E-state index in [1.165, 1.54) is 10.4 Å². The summed E-state index contributed by atoms with van der Waals surface area (Å²) in [7, 11) is 1.67. The van der Waals surface area contributed by atoms with E-state index in [4.69, 9.17) is 9.47 Å². The van der Waals surface area contributed by atoms with E-state index in [0.29, 0.717) is 13.2 Å². The molecule has 2 nitrogen and oxygen atoms in total. The zero-order valence-corrected chi connectivity index (χ0v) is 12.8. The molecule has 2 rings (SSSR count). The van der Waals surface area contributed by atoms with Crippen molar-refractivity contribution in [3.63, 3.8) is 0 Å². The second kappa shape index (κ2) is 6.36. The third-order valence-electron chi connectivity index (χ3n) is 2.68. The first-order valence-corrected chi connectivity index (χ1v) is 7.25. The molecule has 0 spiro atoms. The second-order valence-corrected chi connectivity index (χ2v) is 6.61. The molecule has 96 valence electrons. The highest BCUT2D eigenvalue weighted by Crippen LogP contribution is 2.27. The minimum absolute atomic E-state index is 0.622. The Bertz CT molecular complexity index is 505. The molecule has 2 aromatic rings. The summed E-state index contributed by atoms with van der Waals surface area (Å²) in [5.41, 5.74) is 2.41. The van der Waals surface area contributed by atoms with Gasteiger partial charge < -0.3 is 9.47 Å². The van der Waals surface area contributed by atoms with E-state index in [9.17, 15) is 0 Å². The van der Waals surface area contributed by atoms with Crippen molar-refractivity contribution in [2.45, 2.75) is 20.1 Å². The Kier molecular flexibility index (Phi) is 4.80. The van der Waals surface area contributed by atoms with E-state index < -0.39 is 0 Å². The average Bonchev–Trinajstić information content (AvgIpc) is 2.69. The van der Waals surface area contributed by atoms with Gasteiger partial charge in [0.15, 0.2) is 0 Å². The fourth-order valence-corrected chi connectivity index (χ4v) is 3.37. The number of benzene rings is 1. The number of aryl methyl sites for hydroxylation is 1. The van der Waals surface area contributed by atoms with Crippen LogP contribution in [0.15, 0.2) is 34.1 Å². The summed E-state index contributed by atoms with van der Waals surface area (Å²) in [5, 5.41) is 0. The van der Waals surface area contributed by atoms with Crippen molar-refractivity contribution in [2.75, 3.05) is 7.11 Å². The Labute approximate surface area is 120 Å². The fraction of sp³-hybridized carbons (Fsp3) is 0.286. The quantitative estimate of drug-likeness (QED) is 0.802. The summed E-state index contributed by atoms with van der Waals surface area (Å²) in [5.74, 6) is 0.872. The van der Waals surface area contributed by atoms with Crippen LogP contribution in [0.1, 0.15) is 16.0 Å². The molecule has 0 N–H and O–H groups in total. The van der Waals surface area contributed by atoms with E-state index in [1.807, 2.05) is 24.3 Å². The van der Waals surface area contributed by atoms with E-state index in [0.717, 1.165) is 15.1 Å². The standard InChI is InChI=1S/C14H15BrO2S/c1-10-12(7-14(15)18-10)9-17-8-11-3-5-13(16-2)6-4-11/h3-7H,8-9H2,1-2H3. The molecule has 1 aromatic heterocycles. The maximum atomic E-state index is 5.72. The Morgan fingerprint density at radius 2 is 1.89 bits per heavy atom. The Hall–Kier alpha value is -0.840. The smallest absolute Gasteiger partial charge is 0.118 e. The minimum atomic E-state index is 0.622. The molecule has 0 bridgehead atoms. The van der Waals surface area contributed by atoms with Gasteiger partial charge in [0.25, 0.3) is 0 Å². The molecule has 0 fully saturated rings. The van der Waals surface area contributed by atoms with Crippen LogP contribution in [0.4, 0.5) is 0 Å². The first-order valence-electron chi connectivity index (χ1n) is 5.64. The summed E-state index contributed by atoms with van der Waals surface area (Å²) in [4.78, 5) is 1.30. The molecule has 0 aliphatic carbocycles. The van der Waals surface area contributed by atoms with Crippen LogP contribution in [0.3, 0.4) is 0 Å². The molecule has 1 heterocycles. The third-order valence-corrected chi connectivity index (χ3v) is 4.27. The van der Waals surface area contributed by atoms with Gasteiger partial charge in [-0.05, 0) is 52.2 Å². The van der Waals surface area contributed by atoms with Gasteiger partial charge in [-0.1, -0.05) is 12.1 Å². The van der Waals surface area contributed by atoms with Crippen LogP contribution in [0.5, 0.6) is 5.75 Å². The first kappa shape index (κ1) is 13.6. The van der Waals surface area contributed by atoms with Gasteiger partial charge in [0, 0.05) is 4.88 Å². The van der Waals surface area contributed by atoms with E-state index in [-0.39, 0.29) is 0 Å². The molecule has 0 saturated heterocycles. The van der Waals surface area contributed by atoms with Crippen molar-refractivity contribution in [1.82, 2.24) is 0 Å². The predicted molar refractivity (Wildman–Crippen MR) is 78.2 cm³/mol. The highest BCUT2D eigenvalue weighted by molar-refractivity contribution is 9.11. The number of hydrogen-bond acceptors (Lipinski definition) is 3. The molecule has 4 heteroatoms. The molecule has 0 aliphatic rings. The monoisotopic (exact) mass is 326 g/mol. The molecule has 0 saturated carbocycles. The zero-order valence-electron chi connectivity index (χ0n) is 10.4. The van der Waals surface area contributed by atoms with Crippen molar-refractivity contribution >= 4 is 27.3 Å². The normalized spacial score (nSPS) is 10.6. The molecular formula is C14H15BrO2S. The minimum Gasteiger partial charge on any atom is -0.497 e. The Morgan fingerprint density at radius 3 is 2.44 bits per heavy atom. The van der Waals surface area contributed by atoms with Crippen molar-refractivity contribution in [2.24, 2.45) is 0 Å². The van der Waals surface area contributed by atoms with Crippen molar-refractivity contribution in [1.29, 1.82) is 0 Å². The molecule has 0 atom stereocenters. The molecule has 18 heavy (non-hydrogen) atoms. The highest BCUT2D eigenvalue weighted by Gasteiger charge is 2.03. The Morgan fingerprint density at radius 1 is 1.17 bits per heavy atom. The van der Waals surface area contributed by atoms with Gasteiger partial charge >= 0.3 is 0 Å². The van der Waals surface area contributed by atoms with Gasteiger partial charge in [-0.3, -0.25) is 0 Å². The summed E-state index contributed by atoms with van der Waals surface area (Å²) in [6.07, 6.45) is 0. The maximum absolute atomic E-state index is 5.72. The topological polar surface area (TPSA) is 18.5 Å². The number of methoxy groups -OCH3 is 1. The van der Waals surface area contributed by atoms with Gasteiger partial charge in [0.05, 0.1) is 24.1 Å². The number of thiophene rings is 1. The van der Waals surface area contributed by atoms with Crippen LogP contribution in [-0.2, 0) is 18.0 Å². The zero-order chi connectivity index (χ0) is 13.0. The Balaban J connectivity index is 1.86. The van der Waals surface area contributed by atoms with Gasteiger partial charge in [-0.15, -0.1) is 11.3 Å². The lowest BCUT2D eigenvalue weighted by Crippen LogP contribution is -1.94.